The molecule has 0 unspecified atom stereocenters. The minimum atomic E-state index is -1.83. The number of rotatable bonds is 0. The van der Waals surface area contributed by atoms with Crippen molar-refractivity contribution < 1.29 is 19.4 Å². The first-order valence-electron chi connectivity index (χ1n) is 2.59. The zero-order valence-electron chi connectivity index (χ0n) is 6.18. The molecule has 0 aliphatic heterocycles. The Kier molecular flexibility index (Phi) is 7.10. The molecule has 0 fully saturated rings. The fourth-order valence-electron chi connectivity index (χ4n) is 0. The summed E-state index contributed by atoms with van der Waals surface area (Å²) in [5.41, 5.74) is 0.759. The summed E-state index contributed by atoms with van der Waals surface area (Å²) in [6.45, 7) is 4.94. The molecule has 60 valence electrons. The Balaban J connectivity index is 0. The van der Waals surface area contributed by atoms with Gasteiger partial charge >= 0.3 is 6.16 Å². The van der Waals surface area contributed by atoms with Crippen molar-refractivity contribution in [1.29, 1.82) is 0 Å². The number of hydrogen-bond donors (Lipinski definition) is 2. The smallest absolute Gasteiger partial charge is 0.450 e. The van der Waals surface area contributed by atoms with Gasteiger partial charge in [0.1, 0.15) is 0 Å². The van der Waals surface area contributed by atoms with Crippen LogP contribution >= 0.6 is 0 Å². The zero-order chi connectivity index (χ0) is 8.73. The molecule has 10 heavy (non-hydrogen) atoms. The summed E-state index contributed by atoms with van der Waals surface area (Å²) in [5.74, 6) is -0.0741. The number of carbonyl (C=O) groups is 1. The first-order chi connectivity index (χ1) is 4.37. The van der Waals surface area contributed by atoms with E-state index >= 15 is 0 Å². The van der Waals surface area contributed by atoms with Crippen LogP contribution in [0.25, 0.3) is 0 Å². The Hall–Kier alpha value is -1.06. The normalized spacial score (nSPS) is 7.20. The van der Waals surface area contributed by atoms with Crippen LogP contribution < -0.4 is 0 Å². The van der Waals surface area contributed by atoms with Gasteiger partial charge in [-0.05, 0) is 26.3 Å². The molecule has 4 heteroatoms. The number of carboxylic acid groups (broad SMARTS) is 2. The molecule has 0 heterocycles. The minimum Gasteiger partial charge on any atom is -0.450 e. The van der Waals surface area contributed by atoms with Gasteiger partial charge in [-0.2, -0.15) is 0 Å². The second-order valence-corrected chi connectivity index (χ2v) is 1.82. The van der Waals surface area contributed by atoms with Gasteiger partial charge in [0, 0.05) is 0 Å². The van der Waals surface area contributed by atoms with Crippen molar-refractivity contribution in [1.82, 2.24) is 0 Å². The van der Waals surface area contributed by atoms with Gasteiger partial charge in [-0.1, -0.05) is 0 Å². The summed E-state index contributed by atoms with van der Waals surface area (Å²) in [5, 5.41) is 13.9. The maximum atomic E-state index is 11.7. The third kappa shape index (κ3) is 28.3. The van der Waals surface area contributed by atoms with Crippen molar-refractivity contribution in [3.63, 3.8) is 0 Å². The summed E-state index contributed by atoms with van der Waals surface area (Å²) >= 11 is 0. The summed E-state index contributed by atoms with van der Waals surface area (Å²) in [6, 6.07) is 0. The summed E-state index contributed by atoms with van der Waals surface area (Å²) in [4.78, 5) is 8.56. The summed E-state index contributed by atoms with van der Waals surface area (Å²) in [6.07, 6.45) is -1.83. The lowest BCUT2D eigenvalue weighted by atomic mass is 10.3. The molecule has 3 nitrogen and oxygen atoms in total. The molecule has 0 saturated carbocycles. The van der Waals surface area contributed by atoms with Crippen LogP contribution in [0.1, 0.15) is 20.8 Å². The highest BCUT2D eigenvalue weighted by Gasteiger charge is 1.80. The van der Waals surface area contributed by atoms with Crippen molar-refractivity contribution in [3.05, 3.63) is 11.4 Å². The van der Waals surface area contributed by atoms with E-state index in [1.54, 1.807) is 13.8 Å². The van der Waals surface area contributed by atoms with Gasteiger partial charge in [0.15, 0.2) is 0 Å². The lowest BCUT2D eigenvalue weighted by molar-refractivity contribution is 0.137. The quantitative estimate of drug-likeness (QED) is 0.557. The number of halogens is 1. The molecule has 0 aromatic heterocycles. The van der Waals surface area contributed by atoms with Gasteiger partial charge in [0.25, 0.3) is 0 Å². The number of allylic oxidation sites excluding steroid dienone is 2. The molecule has 0 aliphatic rings. The Morgan fingerprint density at radius 2 is 1.30 bits per heavy atom. The van der Waals surface area contributed by atoms with Gasteiger partial charge in [-0.25, -0.2) is 9.18 Å². The fraction of sp³-hybridized carbons (Fsp3) is 0.500. The van der Waals surface area contributed by atoms with Crippen molar-refractivity contribution >= 4 is 6.16 Å². The third-order valence-corrected chi connectivity index (χ3v) is 0.689. The fourth-order valence-corrected chi connectivity index (χ4v) is 0. The van der Waals surface area contributed by atoms with E-state index in [1.807, 2.05) is 0 Å². The number of hydrogen-bond acceptors (Lipinski definition) is 1. The standard InChI is InChI=1S/C5H9F.CH2O3/c1-4(2)5(3)6;2-1(3)4/h1-3H3;(H2,2,3,4). The first kappa shape index (κ1) is 11.7. The predicted octanol–water partition coefficient (Wildman–Crippen LogP) is 2.49. The van der Waals surface area contributed by atoms with Gasteiger partial charge in [0.2, 0.25) is 0 Å². The monoisotopic (exact) mass is 150 g/mol. The maximum absolute atomic E-state index is 11.7. The second-order valence-electron chi connectivity index (χ2n) is 1.82. The van der Waals surface area contributed by atoms with Crippen LogP contribution in [0, 0.1) is 0 Å². The van der Waals surface area contributed by atoms with E-state index in [0.29, 0.717) is 0 Å². The average molecular weight is 150 g/mol. The molecule has 0 atom stereocenters. The lowest BCUT2D eigenvalue weighted by Crippen LogP contribution is -1.81. The van der Waals surface area contributed by atoms with Gasteiger partial charge < -0.3 is 10.2 Å². The third-order valence-electron chi connectivity index (χ3n) is 0.689. The lowest BCUT2D eigenvalue weighted by Gasteiger charge is -1.83. The van der Waals surface area contributed by atoms with Crippen molar-refractivity contribution in [2.24, 2.45) is 0 Å². The highest BCUT2D eigenvalue weighted by Crippen LogP contribution is 2.00. The molecule has 0 rings (SSSR count). The highest BCUT2D eigenvalue weighted by atomic mass is 19.1. The maximum Gasteiger partial charge on any atom is 0.503 e. The van der Waals surface area contributed by atoms with Gasteiger partial charge in [-0.15, -0.1) is 0 Å². The van der Waals surface area contributed by atoms with Crippen molar-refractivity contribution in [2.45, 2.75) is 20.8 Å². The average Bonchev–Trinajstić information content (AvgIpc) is 1.63. The van der Waals surface area contributed by atoms with Crippen LogP contribution in [0.3, 0.4) is 0 Å². The molecule has 0 radical (unpaired) electrons. The largest absolute Gasteiger partial charge is 0.503 e. The molecule has 0 aromatic rings. The molecule has 0 bridgehead atoms. The molecular weight excluding hydrogens is 139 g/mol. The Morgan fingerprint density at radius 3 is 1.30 bits per heavy atom. The van der Waals surface area contributed by atoms with E-state index in [0.717, 1.165) is 5.57 Å². The van der Waals surface area contributed by atoms with Crippen LogP contribution in [0.15, 0.2) is 11.4 Å². The minimum absolute atomic E-state index is 0.0741. The molecule has 0 aromatic carbocycles. The summed E-state index contributed by atoms with van der Waals surface area (Å²) in [7, 11) is 0. The first-order valence-corrected chi connectivity index (χ1v) is 2.59. The molecule has 0 aliphatic carbocycles. The van der Waals surface area contributed by atoms with E-state index < -0.39 is 6.16 Å². The van der Waals surface area contributed by atoms with Crippen LogP contribution in [0.5, 0.6) is 0 Å². The van der Waals surface area contributed by atoms with E-state index in [4.69, 9.17) is 15.0 Å². The van der Waals surface area contributed by atoms with E-state index in [-0.39, 0.29) is 5.83 Å². The topological polar surface area (TPSA) is 57.5 Å². The van der Waals surface area contributed by atoms with Crippen LogP contribution in [-0.4, -0.2) is 16.4 Å². The van der Waals surface area contributed by atoms with Crippen LogP contribution in [0.2, 0.25) is 0 Å². The highest BCUT2D eigenvalue weighted by molar-refractivity contribution is 5.53. The van der Waals surface area contributed by atoms with Crippen molar-refractivity contribution in [2.75, 3.05) is 0 Å². The zero-order valence-corrected chi connectivity index (χ0v) is 6.18. The Morgan fingerprint density at radius 1 is 1.20 bits per heavy atom. The Bertz CT molecular complexity index is 118. The van der Waals surface area contributed by atoms with Gasteiger partial charge in [0.05, 0.1) is 5.83 Å². The Labute approximate surface area is 58.8 Å². The van der Waals surface area contributed by atoms with Crippen LogP contribution in [0.4, 0.5) is 9.18 Å². The predicted molar refractivity (Wildman–Crippen MR) is 35.8 cm³/mol. The van der Waals surface area contributed by atoms with E-state index in [2.05, 4.69) is 0 Å². The van der Waals surface area contributed by atoms with Crippen LogP contribution in [-0.2, 0) is 0 Å². The summed E-state index contributed by atoms with van der Waals surface area (Å²) < 4.78 is 11.7. The van der Waals surface area contributed by atoms with Crippen molar-refractivity contribution in [3.8, 4) is 0 Å². The second kappa shape index (κ2) is 6.07. The molecular formula is C6H11FO3. The molecule has 0 spiro atoms. The van der Waals surface area contributed by atoms with E-state index in [9.17, 15) is 4.39 Å². The van der Waals surface area contributed by atoms with E-state index in [1.165, 1.54) is 6.92 Å². The molecule has 0 amide bonds. The SMILES string of the molecule is CC(C)=C(C)F.O=C(O)O. The van der Waals surface area contributed by atoms with Gasteiger partial charge in [-0.3, -0.25) is 0 Å². The molecule has 0 saturated heterocycles. The molecule has 2 N–H and O–H groups in total.